The maximum absolute atomic E-state index is 6.08. The van der Waals surface area contributed by atoms with Crippen LogP contribution >= 0.6 is 15.9 Å². The fourth-order valence-corrected chi connectivity index (χ4v) is 2.16. The van der Waals surface area contributed by atoms with Crippen LogP contribution in [-0.4, -0.2) is 12.7 Å². The molecule has 78 valence electrons. The standard InChI is InChI=1S/C10H14BrNO2/c1-6-4-7(5-13-6)10(12)8-2-3-9(11)14-8/h2-3,6-7,10H,4-5,12H2,1H3. The molecule has 0 bridgehead atoms. The summed E-state index contributed by atoms with van der Waals surface area (Å²) in [7, 11) is 0. The average molecular weight is 260 g/mol. The van der Waals surface area contributed by atoms with Gasteiger partial charge in [0.1, 0.15) is 5.76 Å². The predicted molar refractivity (Wildman–Crippen MR) is 56.9 cm³/mol. The molecule has 3 nitrogen and oxygen atoms in total. The summed E-state index contributed by atoms with van der Waals surface area (Å²) in [6.07, 6.45) is 1.34. The van der Waals surface area contributed by atoms with Gasteiger partial charge in [-0.1, -0.05) is 0 Å². The first-order chi connectivity index (χ1) is 6.66. The Balaban J connectivity index is 2.05. The van der Waals surface area contributed by atoms with E-state index >= 15 is 0 Å². The lowest BCUT2D eigenvalue weighted by molar-refractivity contribution is 0.117. The van der Waals surface area contributed by atoms with Gasteiger partial charge in [0.25, 0.3) is 0 Å². The zero-order chi connectivity index (χ0) is 10.1. The number of nitrogens with two attached hydrogens (primary N) is 1. The van der Waals surface area contributed by atoms with Crippen LogP contribution in [0.25, 0.3) is 0 Å². The van der Waals surface area contributed by atoms with Gasteiger partial charge in [0, 0.05) is 5.92 Å². The maximum Gasteiger partial charge on any atom is 0.169 e. The molecular formula is C10H14BrNO2. The van der Waals surface area contributed by atoms with E-state index in [0.717, 1.165) is 23.5 Å². The van der Waals surface area contributed by atoms with Crippen LogP contribution in [-0.2, 0) is 4.74 Å². The van der Waals surface area contributed by atoms with Crippen molar-refractivity contribution in [1.29, 1.82) is 0 Å². The molecule has 1 saturated heterocycles. The minimum absolute atomic E-state index is 0.0498. The molecule has 0 radical (unpaired) electrons. The van der Waals surface area contributed by atoms with Crippen LogP contribution in [0, 0.1) is 5.92 Å². The van der Waals surface area contributed by atoms with E-state index in [2.05, 4.69) is 22.9 Å². The van der Waals surface area contributed by atoms with Crippen LogP contribution in [0.4, 0.5) is 0 Å². The van der Waals surface area contributed by atoms with Crippen molar-refractivity contribution in [2.24, 2.45) is 11.7 Å². The third-order valence-electron chi connectivity index (χ3n) is 2.66. The molecule has 0 saturated carbocycles. The molecule has 4 heteroatoms. The third kappa shape index (κ3) is 2.02. The molecule has 1 aliphatic rings. The fourth-order valence-electron chi connectivity index (χ4n) is 1.84. The molecule has 1 aliphatic heterocycles. The van der Waals surface area contributed by atoms with E-state index in [1.165, 1.54) is 0 Å². The molecule has 1 fully saturated rings. The predicted octanol–water partition coefficient (Wildman–Crippen LogP) is 2.47. The summed E-state index contributed by atoms with van der Waals surface area (Å²) in [5.74, 6) is 1.21. The molecule has 14 heavy (non-hydrogen) atoms. The van der Waals surface area contributed by atoms with E-state index in [0.29, 0.717) is 12.0 Å². The highest BCUT2D eigenvalue weighted by molar-refractivity contribution is 9.10. The van der Waals surface area contributed by atoms with E-state index in [4.69, 9.17) is 14.9 Å². The van der Waals surface area contributed by atoms with E-state index < -0.39 is 0 Å². The molecule has 1 aromatic rings. The van der Waals surface area contributed by atoms with E-state index in [9.17, 15) is 0 Å². The summed E-state index contributed by atoms with van der Waals surface area (Å²) >= 11 is 3.27. The zero-order valence-electron chi connectivity index (χ0n) is 8.07. The summed E-state index contributed by atoms with van der Waals surface area (Å²) < 4.78 is 11.6. The summed E-state index contributed by atoms with van der Waals surface area (Å²) in [5.41, 5.74) is 6.08. The quantitative estimate of drug-likeness (QED) is 0.888. The summed E-state index contributed by atoms with van der Waals surface area (Å²) in [5, 5.41) is 0. The van der Waals surface area contributed by atoms with Crippen LogP contribution in [0.15, 0.2) is 21.2 Å². The van der Waals surface area contributed by atoms with Crippen molar-refractivity contribution in [3.05, 3.63) is 22.6 Å². The normalized spacial score (nSPS) is 29.4. The third-order valence-corrected chi connectivity index (χ3v) is 3.09. The first kappa shape index (κ1) is 10.2. The van der Waals surface area contributed by atoms with E-state index in [1.807, 2.05) is 12.1 Å². The number of rotatable bonds is 2. The monoisotopic (exact) mass is 259 g/mol. The summed E-state index contributed by atoms with van der Waals surface area (Å²) in [6, 6.07) is 3.73. The van der Waals surface area contributed by atoms with Crippen LogP contribution in [0.5, 0.6) is 0 Å². The van der Waals surface area contributed by atoms with Gasteiger partial charge in [-0.2, -0.15) is 0 Å². The van der Waals surface area contributed by atoms with E-state index in [-0.39, 0.29) is 6.04 Å². The second kappa shape index (κ2) is 4.04. The first-order valence-corrected chi connectivity index (χ1v) is 5.58. The Morgan fingerprint density at radius 1 is 1.57 bits per heavy atom. The number of hydrogen-bond donors (Lipinski definition) is 1. The van der Waals surface area contributed by atoms with Crippen LogP contribution in [0.2, 0.25) is 0 Å². The Hall–Kier alpha value is -0.320. The minimum atomic E-state index is -0.0498. The van der Waals surface area contributed by atoms with Crippen molar-refractivity contribution < 1.29 is 9.15 Å². The van der Waals surface area contributed by atoms with Crippen LogP contribution in [0.1, 0.15) is 25.1 Å². The Bertz CT molecular complexity index is 313. The van der Waals surface area contributed by atoms with Crippen molar-refractivity contribution in [2.45, 2.75) is 25.5 Å². The Morgan fingerprint density at radius 3 is 2.86 bits per heavy atom. The summed E-state index contributed by atoms with van der Waals surface area (Å²) in [4.78, 5) is 0. The highest BCUT2D eigenvalue weighted by Gasteiger charge is 2.29. The molecule has 2 heterocycles. The van der Waals surface area contributed by atoms with Crippen molar-refractivity contribution in [3.63, 3.8) is 0 Å². The highest BCUT2D eigenvalue weighted by Crippen LogP contribution is 2.31. The van der Waals surface area contributed by atoms with Gasteiger partial charge in [-0.15, -0.1) is 0 Å². The molecule has 0 amide bonds. The number of hydrogen-bond acceptors (Lipinski definition) is 3. The van der Waals surface area contributed by atoms with Gasteiger partial charge in [0.2, 0.25) is 0 Å². The van der Waals surface area contributed by atoms with Gasteiger partial charge in [0.15, 0.2) is 4.67 Å². The van der Waals surface area contributed by atoms with Gasteiger partial charge >= 0.3 is 0 Å². The van der Waals surface area contributed by atoms with Crippen molar-refractivity contribution in [2.75, 3.05) is 6.61 Å². The SMILES string of the molecule is CC1CC(C(N)c2ccc(Br)o2)CO1. The zero-order valence-corrected chi connectivity index (χ0v) is 9.66. The lowest BCUT2D eigenvalue weighted by Crippen LogP contribution is -2.21. The van der Waals surface area contributed by atoms with Crippen LogP contribution < -0.4 is 5.73 Å². The van der Waals surface area contributed by atoms with Gasteiger partial charge in [0.05, 0.1) is 18.8 Å². The number of furan rings is 1. The Kier molecular flexibility index (Phi) is 2.95. The maximum atomic E-state index is 6.08. The lowest BCUT2D eigenvalue weighted by atomic mass is 9.96. The lowest BCUT2D eigenvalue weighted by Gasteiger charge is -2.14. The largest absolute Gasteiger partial charge is 0.453 e. The molecule has 0 spiro atoms. The molecular weight excluding hydrogens is 246 g/mol. The minimum Gasteiger partial charge on any atom is -0.453 e. The molecule has 0 aromatic carbocycles. The van der Waals surface area contributed by atoms with Crippen molar-refractivity contribution >= 4 is 15.9 Å². The van der Waals surface area contributed by atoms with Crippen molar-refractivity contribution in [1.82, 2.24) is 0 Å². The molecule has 2 N–H and O–H groups in total. The molecule has 3 atom stereocenters. The Morgan fingerprint density at radius 2 is 2.36 bits per heavy atom. The fraction of sp³-hybridized carbons (Fsp3) is 0.600. The average Bonchev–Trinajstić information content (AvgIpc) is 2.73. The van der Waals surface area contributed by atoms with Gasteiger partial charge in [-0.25, -0.2) is 0 Å². The van der Waals surface area contributed by atoms with Gasteiger partial charge < -0.3 is 14.9 Å². The van der Waals surface area contributed by atoms with Gasteiger partial charge in [-0.05, 0) is 41.4 Å². The second-order valence-corrected chi connectivity index (χ2v) is 4.59. The topological polar surface area (TPSA) is 48.4 Å². The van der Waals surface area contributed by atoms with Crippen molar-refractivity contribution in [3.8, 4) is 0 Å². The van der Waals surface area contributed by atoms with E-state index in [1.54, 1.807) is 0 Å². The smallest absolute Gasteiger partial charge is 0.169 e. The van der Waals surface area contributed by atoms with Gasteiger partial charge in [-0.3, -0.25) is 0 Å². The highest BCUT2D eigenvalue weighted by atomic mass is 79.9. The summed E-state index contributed by atoms with van der Waals surface area (Å²) in [6.45, 7) is 2.81. The van der Waals surface area contributed by atoms with Crippen LogP contribution in [0.3, 0.4) is 0 Å². The second-order valence-electron chi connectivity index (χ2n) is 3.81. The first-order valence-electron chi connectivity index (χ1n) is 4.79. The number of halogens is 1. The molecule has 0 aliphatic carbocycles. The molecule has 3 unspecified atom stereocenters. The molecule has 1 aromatic heterocycles. The Labute approximate surface area is 91.7 Å². The number of ether oxygens (including phenoxy) is 1. The molecule has 2 rings (SSSR count).